The van der Waals surface area contributed by atoms with Crippen molar-refractivity contribution in [3.63, 3.8) is 0 Å². The molecule has 0 saturated carbocycles. The molecule has 0 saturated heterocycles. The number of rotatable bonds is 6. The molecule has 0 aliphatic carbocycles. The fourth-order valence-electron chi connectivity index (χ4n) is 2.93. The maximum absolute atomic E-state index is 14.4. The van der Waals surface area contributed by atoms with E-state index in [1.807, 2.05) is 32.0 Å². The highest BCUT2D eigenvalue weighted by Gasteiger charge is 2.26. The third-order valence-corrected chi connectivity index (χ3v) is 5.66. The molecule has 2 N–H and O–H groups in total. The molecule has 0 bridgehead atoms. The average Bonchev–Trinajstić information content (AvgIpc) is 2.67. The first-order valence-electron chi connectivity index (χ1n) is 9.01. The molecular weight excluding hydrogens is 419 g/mol. The molecule has 1 atom stereocenters. The van der Waals surface area contributed by atoms with E-state index in [4.69, 9.17) is 21.1 Å². The van der Waals surface area contributed by atoms with Crippen LogP contribution in [0.1, 0.15) is 41.8 Å². The van der Waals surface area contributed by atoms with E-state index in [1.165, 1.54) is 13.1 Å². The van der Waals surface area contributed by atoms with Crippen molar-refractivity contribution in [2.24, 2.45) is 0 Å². The minimum absolute atomic E-state index is 0.0161. The van der Waals surface area contributed by atoms with Crippen molar-refractivity contribution in [3.8, 4) is 11.5 Å². The largest absolute Gasteiger partial charge is 0.489 e. The van der Waals surface area contributed by atoms with Crippen LogP contribution in [0.2, 0.25) is 5.02 Å². The monoisotopic (exact) mass is 440 g/mol. The fourth-order valence-corrected chi connectivity index (χ4v) is 3.53. The Morgan fingerprint density at radius 2 is 2.10 bits per heavy atom. The van der Waals surface area contributed by atoms with E-state index in [-0.39, 0.29) is 22.8 Å². The highest BCUT2D eigenvalue weighted by molar-refractivity contribution is 7.81. The van der Waals surface area contributed by atoms with Crippen LogP contribution in [0.15, 0.2) is 30.3 Å². The molecule has 0 radical (unpaired) electrons. The summed E-state index contributed by atoms with van der Waals surface area (Å²) in [5.41, 5.74) is 0.974. The number of hydrogen-bond acceptors (Lipinski definition) is 4. The normalized spacial score (nSPS) is 15.8. The molecule has 1 heterocycles. The summed E-state index contributed by atoms with van der Waals surface area (Å²) in [7, 11) is 1.40. The van der Waals surface area contributed by atoms with Gasteiger partial charge in [0.25, 0.3) is 5.91 Å². The number of aryl methyl sites for hydroxylation is 1. The average molecular weight is 441 g/mol. The number of halogens is 2. The molecule has 1 aliphatic rings. The summed E-state index contributed by atoms with van der Waals surface area (Å²) in [6.45, 7) is 4.09. The molecular formula is C20H22ClFN2O4S. The summed E-state index contributed by atoms with van der Waals surface area (Å²) in [5, 5.41) is 0.169. The predicted octanol–water partition coefficient (Wildman–Crippen LogP) is 3.69. The first-order chi connectivity index (χ1) is 13.7. The standard InChI is InChI=1S/C20H22ClFN2O4S/c1-20(2)7-6-12-4-5-14(9-18(12)28-20)27-11-13-8-17(22)15(10-16(13)21)19(25)24-29(26)23-3/h4-5,8-10,23H,6-7,11H2,1-3H3,(H,24,25). The maximum atomic E-state index is 14.4. The van der Waals surface area contributed by atoms with Gasteiger partial charge in [0.1, 0.15) is 29.5 Å². The van der Waals surface area contributed by atoms with Crippen LogP contribution in [0.4, 0.5) is 4.39 Å². The van der Waals surface area contributed by atoms with Crippen LogP contribution < -0.4 is 18.9 Å². The second-order valence-corrected chi connectivity index (χ2v) is 8.80. The second-order valence-electron chi connectivity index (χ2n) is 7.25. The molecule has 1 amide bonds. The molecule has 0 aromatic heterocycles. The molecule has 2 aromatic rings. The van der Waals surface area contributed by atoms with Crippen LogP contribution in [-0.2, 0) is 24.2 Å². The summed E-state index contributed by atoms with van der Waals surface area (Å²) in [6, 6.07) is 7.93. The first-order valence-corrected chi connectivity index (χ1v) is 10.5. The number of carbonyl (C=O) groups excluding carboxylic acids is 1. The van der Waals surface area contributed by atoms with Gasteiger partial charge in [0.2, 0.25) is 0 Å². The number of ether oxygens (including phenoxy) is 2. The lowest BCUT2D eigenvalue weighted by Crippen LogP contribution is -2.33. The molecule has 0 fully saturated rings. The Balaban J connectivity index is 1.72. The predicted molar refractivity (Wildman–Crippen MR) is 110 cm³/mol. The Bertz CT molecular complexity index is 968. The van der Waals surface area contributed by atoms with E-state index in [9.17, 15) is 13.4 Å². The SMILES string of the molecule is CNS(=O)NC(=O)c1cc(Cl)c(COc2ccc3c(c2)OC(C)(C)CC3)cc1F. The van der Waals surface area contributed by atoms with Crippen LogP contribution in [0.25, 0.3) is 0 Å². The third kappa shape index (κ3) is 5.26. The fraction of sp³-hybridized carbons (Fsp3) is 0.350. The number of amides is 1. The van der Waals surface area contributed by atoms with Gasteiger partial charge in [-0.05, 0) is 57.5 Å². The summed E-state index contributed by atoms with van der Waals surface area (Å²) in [5.74, 6) is -0.266. The third-order valence-electron chi connectivity index (χ3n) is 4.57. The zero-order valence-electron chi connectivity index (χ0n) is 16.3. The molecule has 3 rings (SSSR count). The van der Waals surface area contributed by atoms with E-state index in [1.54, 1.807) is 0 Å². The summed E-state index contributed by atoms with van der Waals surface area (Å²) < 4.78 is 41.9. The maximum Gasteiger partial charge on any atom is 0.266 e. The van der Waals surface area contributed by atoms with Crippen LogP contribution in [0.5, 0.6) is 11.5 Å². The van der Waals surface area contributed by atoms with Crippen molar-refractivity contribution >= 4 is 28.7 Å². The van der Waals surface area contributed by atoms with Crippen molar-refractivity contribution in [2.45, 2.75) is 38.9 Å². The molecule has 6 nitrogen and oxygen atoms in total. The molecule has 1 unspecified atom stereocenters. The van der Waals surface area contributed by atoms with Gasteiger partial charge in [-0.1, -0.05) is 17.7 Å². The van der Waals surface area contributed by atoms with Crippen LogP contribution in [-0.4, -0.2) is 22.8 Å². The van der Waals surface area contributed by atoms with Gasteiger partial charge < -0.3 is 9.47 Å². The van der Waals surface area contributed by atoms with Crippen molar-refractivity contribution in [1.82, 2.24) is 9.44 Å². The van der Waals surface area contributed by atoms with Crippen LogP contribution >= 0.6 is 11.6 Å². The minimum atomic E-state index is -1.81. The Kier molecular flexibility index (Phi) is 6.45. The van der Waals surface area contributed by atoms with E-state index in [0.717, 1.165) is 30.2 Å². The smallest absolute Gasteiger partial charge is 0.266 e. The molecule has 2 aromatic carbocycles. The van der Waals surface area contributed by atoms with Gasteiger partial charge in [-0.2, -0.15) is 0 Å². The topological polar surface area (TPSA) is 76.7 Å². The molecule has 1 aliphatic heterocycles. The molecule has 156 valence electrons. The molecule has 0 spiro atoms. The van der Waals surface area contributed by atoms with Gasteiger partial charge in [-0.25, -0.2) is 13.3 Å². The van der Waals surface area contributed by atoms with Crippen molar-refractivity contribution in [1.29, 1.82) is 0 Å². The minimum Gasteiger partial charge on any atom is -0.489 e. The second kappa shape index (κ2) is 8.69. The van der Waals surface area contributed by atoms with Crippen LogP contribution in [0, 0.1) is 5.82 Å². The van der Waals surface area contributed by atoms with E-state index in [2.05, 4.69) is 9.44 Å². The number of benzene rings is 2. The van der Waals surface area contributed by atoms with E-state index >= 15 is 0 Å². The van der Waals surface area contributed by atoms with Gasteiger partial charge in [-0.15, -0.1) is 0 Å². The first kappa shape index (κ1) is 21.5. The van der Waals surface area contributed by atoms with Crippen molar-refractivity contribution in [3.05, 3.63) is 57.9 Å². The molecule has 29 heavy (non-hydrogen) atoms. The Morgan fingerprint density at radius 3 is 2.83 bits per heavy atom. The van der Waals surface area contributed by atoms with Gasteiger partial charge in [0, 0.05) is 16.7 Å². The van der Waals surface area contributed by atoms with Crippen molar-refractivity contribution < 1.29 is 22.9 Å². The van der Waals surface area contributed by atoms with E-state index < -0.39 is 22.9 Å². The highest BCUT2D eigenvalue weighted by Crippen LogP contribution is 2.35. The number of nitrogens with one attached hydrogen (secondary N) is 2. The Labute approximate surface area is 176 Å². The highest BCUT2D eigenvalue weighted by atomic mass is 35.5. The van der Waals surface area contributed by atoms with E-state index in [0.29, 0.717) is 11.3 Å². The lowest BCUT2D eigenvalue weighted by Gasteiger charge is -2.32. The Hall–Kier alpha value is -2.16. The lowest BCUT2D eigenvalue weighted by atomic mass is 9.94. The molecule has 9 heteroatoms. The zero-order chi connectivity index (χ0) is 21.2. The summed E-state index contributed by atoms with van der Waals surface area (Å²) in [6.07, 6.45) is 1.87. The van der Waals surface area contributed by atoms with Gasteiger partial charge in [-0.3, -0.25) is 9.52 Å². The number of fused-ring (bicyclic) bond motifs is 1. The van der Waals surface area contributed by atoms with Crippen molar-refractivity contribution in [2.75, 3.05) is 7.05 Å². The zero-order valence-corrected chi connectivity index (χ0v) is 17.9. The number of hydrogen-bond donors (Lipinski definition) is 2. The van der Waals surface area contributed by atoms with Gasteiger partial charge in [0.05, 0.1) is 5.56 Å². The summed E-state index contributed by atoms with van der Waals surface area (Å²) in [4.78, 5) is 12.0. The van der Waals surface area contributed by atoms with Crippen LogP contribution in [0.3, 0.4) is 0 Å². The summed E-state index contributed by atoms with van der Waals surface area (Å²) >= 11 is 4.38. The quantitative estimate of drug-likeness (QED) is 0.718. The Morgan fingerprint density at radius 1 is 1.34 bits per heavy atom. The number of carbonyl (C=O) groups is 1. The van der Waals surface area contributed by atoms with Gasteiger partial charge in [0.15, 0.2) is 11.2 Å². The lowest BCUT2D eigenvalue weighted by molar-refractivity contribution is 0.0841. The van der Waals surface area contributed by atoms with Gasteiger partial charge >= 0.3 is 0 Å².